The number of nitrogens with one attached hydrogen (secondary N) is 1. The van der Waals surface area contributed by atoms with Gasteiger partial charge in [-0.05, 0) is 70.4 Å². The van der Waals surface area contributed by atoms with Gasteiger partial charge in [0.05, 0.1) is 6.61 Å². The molecule has 0 radical (unpaired) electrons. The minimum Gasteiger partial charge on any atom is -0.380 e. The van der Waals surface area contributed by atoms with Crippen LogP contribution < -0.4 is 5.43 Å². The zero-order valence-corrected chi connectivity index (χ0v) is 15.1. The van der Waals surface area contributed by atoms with Crippen LogP contribution in [0.2, 0.25) is 0 Å². The first-order valence-electron chi connectivity index (χ1n) is 10.2. The highest BCUT2D eigenvalue weighted by molar-refractivity contribution is 4.86. The molecule has 3 aliphatic rings. The van der Waals surface area contributed by atoms with E-state index in [1.165, 1.54) is 84.0 Å². The summed E-state index contributed by atoms with van der Waals surface area (Å²) in [7, 11) is 0. The van der Waals surface area contributed by atoms with Crippen LogP contribution in [-0.4, -0.2) is 61.4 Å². The van der Waals surface area contributed by atoms with Crippen LogP contribution in [-0.2, 0) is 4.74 Å². The summed E-state index contributed by atoms with van der Waals surface area (Å²) in [6.45, 7) is 9.25. The summed E-state index contributed by atoms with van der Waals surface area (Å²) in [6.07, 6.45) is 12.1. The van der Waals surface area contributed by atoms with Crippen molar-refractivity contribution in [2.24, 2.45) is 5.92 Å². The molecule has 2 atom stereocenters. The number of hydrogen-bond donors (Lipinski definition) is 1. The Morgan fingerprint density at radius 3 is 2.83 bits per heavy atom. The van der Waals surface area contributed by atoms with Gasteiger partial charge in [0, 0.05) is 31.8 Å². The molecule has 2 saturated heterocycles. The van der Waals surface area contributed by atoms with E-state index in [-0.39, 0.29) is 0 Å². The highest BCUT2D eigenvalue weighted by Crippen LogP contribution is 2.29. The molecule has 0 aromatic heterocycles. The van der Waals surface area contributed by atoms with E-state index in [9.17, 15) is 0 Å². The Kier molecular flexibility index (Phi) is 7.18. The quantitative estimate of drug-likeness (QED) is 0.592. The maximum absolute atomic E-state index is 5.95. The number of ether oxygens (including phenoxy) is 1. The molecule has 2 heterocycles. The molecule has 0 aromatic carbocycles. The second-order valence-corrected chi connectivity index (χ2v) is 7.93. The summed E-state index contributed by atoms with van der Waals surface area (Å²) in [5.74, 6) is 1.02. The van der Waals surface area contributed by atoms with Gasteiger partial charge in [0.1, 0.15) is 0 Å². The van der Waals surface area contributed by atoms with E-state index >= 15 is 0 Å². The Balaban J connectivity index is 1.20. The number of rotatable bonds is 11. The van der Waals surface area contributed by atoms with Crippen LogP contribution in [0.3, 0.4) is 0 Å². The van der Waals surface area contributed by atoms with E-state index in [1.54, 1.807) is 0 Å². The number of hydrogen-bond acceptors (Lipinski definition) is 4. The van der Waals surface area contributed by atoms with E-state index in [1.807, 2.05) is 0 Å². The standard InChI is InChI=1S/C19H37N3O/c1-2-10-21(15-17-8-9-17)11-5-6-13-23-16-18-14-19-7-3-4-12-22(19)20-18/h17-20H,2-16H2,1H3. The van der Waals surface area contributed by atoms with Crippen LogP contribution >= 0.6 is 0 Å². The number of unbranched alkanes of at least 4 members (excludes halogenated alkanes) is 1. The van der Waals surface area contributed by atoms with E-state index in [0.29, 0.717) is 6.04 Å². The van der Waals surface area contributed by atoms with Gasteiger partial charge in [-0.2, -0.15) is 0 Å². The van der Waals surface area contributed by atoms with Crippen molar-refractivity contribution < 1.29 is 4.74 Å². The highest BCUT2D eigenvalue weighted by atomic mass is 16.5. The Labute approximate surface area is 142 Å². The van der Waals surface area contributed by atoms with Crippen molar-refractivity contribution >= 4 is 0 Å². The summed E-state index contributed by atoms with van der Waals surface area (Å²) in [4.78, 5) is 2.67. The normalized spacial score (nSPS) is 28.4. The molecule has 1 saturated carbocycles. The lowest BCUT2D eigenvalue weighted by atomic mass is 10.0. The minimum absolute atomic E-state index is 0.560. The van der Waals surface area contributed by atoms with Crippen molar-refractivity contribution in [1.29, 1.82) is 0 Å². The monoisotopic (exact) mass is 323 g/mol. The van der Waals surface area contributed by atoms with Crippen LogP contribution in [0.25, 0.3) is 0 Å². The molecule has 23 heavy (non-hydrogen) atoms. The smallest absolute Gasteiger partial charge is 0.0633 e. The first-order chi connectivity index (χ1) is 11.3. The lowest BCUT2D eigenvalue weighted by Gasteiger charge is -2.28. The van der Waals surface area contributed by atoms with Gasteiger partial charge < -0.3 is 9.64 Å². The van der Waals surface area contributed by atoms with E-state index in [4.69, 9.17) is 4.74 Å². The maximum atomic E-state index is 5.95. The van der Waals surface area contributed by atoms with Crippen LogP contribution in [0.15, 0.2) is 0 Å². The van der Waals surface area contributed by atoms with Gasteiger partial charge in [0.15, 0.2) is 0 Å². The lowest BCUT2D eigenvalue weighted by Crippen LogP contribution is -2.43. The average molecular weight is 324 g/mol. The molecule has 134 valence electrons. The van der Waals surface area contributed by atoms with Gasteiger partial charge in [-0.1, -0.05) is 13.3 Å². The first kappa shape index (κ1) is 17.7. The van der Waals surface area contributed by atoms with Crippen LogP contribution in [0, 0.1) is 5.92 Å². The molecule has 1 N–H and O–H groups in total. The fraction of sp³-hybridized carbons (Fsp3) is 1.00. The van der Waals surface area contributed by atoms with Gasteiger partial charge in [-0.25, -0.2) is 10.4 Å². The van der Waals surface area contributed by atoms with Crippen molar-refractivity contribution in [3.05, 3.63) is 0 Å². The van der Waals surface area contributed by atoms with Crippen molar-refractivity contribution in [2.75, 3.05) is 39.4 Å². The summed E-state index contributed by atoms with van der Waals surface area (Å²) in [5.41, 5.74) is 3.65. The third-order valence-corrected chi connectivity index (χ3v) is 5.62. The Morgan fingerprint density at radius 1 is 1.13 bits per heavy atom. The fourth-order valence-corrected chi connectivity index (χ4v) is 4.18. The number of piperidine rings is 1. The Bertz CT molecular complexity index is 321. The minimum atomic E-state index is 0.560. The van der Waals surface area contributed by atoms with E-state index in [0.717, 1.165) is 25.2 Å². The van der Waals surface area contributed by atoms with Crippen LogP contribution in [0.4, 0.5) is 0 Å². The van der Waals surface area contributed by atoms with E-state index in [2.05, 4.69) is 22.3 Å². The van der Waals surface area contributed by atoms with Crippen LogP contribution in [0.1, 0.15) is 64.7 Å². The molecule has 3 rings (SSSR count). The maximum Gasteiger partial charge on any atom is 0.0633 e. The summed E-state index contributed by atoms with van der Waals surface area (Å²) >= 11 is 0. The molecule has 0 bridgehead atoms. The van der Waals surface area contributed by atoms with E-state index < -0.39 is 0 Å². The molecule has 0 amide bonds. The second-order valence-electron chi connectivity index (χ2n) is 7.93. The van der Waals surface area contributed by atoms with Crippen molar-refractivity contribution in [1.82, 2.24) is 15.3 Å². The molecule has 4 heteroatoms. The SMILES string of the molecule is CCCN(CCCCOCC1CC2CCCCN2N1)CC1CC1. The molecule has 3 fully saturated rings. The lowest BCUT2D eigenvalue weighted by molar-refractivity contribution is 0.0897. The molecule has 0 spiro atoms. The molecular weight excluding hydrogens is 286 g/mol. The van der Waals surface area contributed by atoms with Crippen molar-refractivity contribution in [3.8, 4) is 0 Å². The predicted molar refractivity (Wildman–Crippen MR) is 95.4 cm³/mol. The molecule has 1 aliphatic carbocycles. The third kappa shape index (κ3) is 6.00. The van der Waals surface area contributed by atoms with Gasteiger partial charge >= 0.3 is 0 Å². The molecule has 2 unspecified atom stereocenters. The Morgan fingerprint density at radius 2 is 2.04 bits per heavy atom. The predicted octanol–water partition coefficient (Wildman–Crippen LogP) is 3.04. The van der Waals surface area contributed by atoms with Gasteiger partial charge in [0.2, 0.25) is 0 Å². The van der Waals surface area contributed by atoms with Gasteiger partial charge in [0.25, 0.3) is 0 Å². The molecule has 2 aliphatic heterocycles. The molecular formula is C19H37N3O. The summed E-state index contributed by atoms with van der Waals surface area (Å²) < 4.78 is 5.95. The average Bonchev–Trinajstić information content (AvgIpc) is 3.27. The zero-order chi connectivity index (χ0) is 15.9. The highest BCUT2D eigenvalue weighted by Gasteiger charge is 2.32. The second kappa shape index (κ2) is 9.36. The summed E-state index contributed by atoms with van der Waals surface area (Å²) in [6, 6.07) is 1.34. The molecule has 4 nitrogen and oxygen atoms in total. The third-order valence-electron chi connectivity index (χ3n) is 5.62. The van der Waals surface area contributed by atoms with Crippen LogP contribution in [0.5, 0.6) is 0 Å². The summed E-state index contributed by atoms with van der Waals surface area (Å²) in [5, 5.41) is 2.47. The topological polar surface area (TPSA) is 27.7 Å². The zero-order valence-electron chi connectivity index (χ0n) is 15.1. The largest absolute Gasteiger partial charge is 0.380 e. The van der Waals surface area contributed by atoms with Crippen molar-refractivity contribution in [2.45, 2.75) is 76.8 Å². The van der Waals surface area contributed by atoms with Gasteiger partial charge in [-0.15, -0.1) is 0 Å². The Hall–Kier alpha value is -0.160. The fourth-order valence-electron chi connectivity index (χ4n) is 4.18. The molecule has 0 aromatic rings. The first-order valence-corrected chi connectivity index (χ1v) is 10.2. The van der Waals surface area contributed by atoms with Gasteiger partial charge in [-0.3, -0.25) is 0 Å². The number of nitrogens with zero attached hydrogens (tertiary/aromatic N) is 2. The number of hydrazine groups is 1. The van der Waals surface area contributed by atoms with Crippen molar-refractivity contribution in [3.63, 3.8) is 0 Å². The number of fused-ring (bicyclic) bond motifs is 1.